The number of piperidine rings is 1. The van der Waals surface area contributed by atoms with Gasteiger partial charge in [-0.2, -0.15) is 0 Å². The number of morpholine rings is 1. The van der Waals surface area contributed by atoms with Gasteiger partial charge in [0.1, 0.15) is 11.8 Å². The zero-order chi connectivity index (χ0) is 25.6. The second kappa shape index (κ2) is 11.6. The molecule has 194 valence electrons. The summed E-state index contributed by atoms with van der Waals surface area (Å²) in [6.07, 6.45) is 4.91. The van der Waals surface area contributed by atoms with E-state index in [1.807, 2.05) is 6.07 Å². The van der Waals surface area contributed by atoms with Crippen LogP contribution in [0.3, 0.4) is 0 Å². The Labute approximate surface area is 218 Å². The topological polar surface area (TPSA) is 130 Å². The van der Waals surface area contributed by atoms with Crippen LogP contribution >= 0.6 is 11.3 Å². The van der Waals surface area contributed by atoms with E-state index < -0.39 is 11.9 Å². The molecule has 0 unspecified atom stereocenters. The smallest absolute Gasteiger partial charge is 0.337 e. The molecule has 12 heteroatoms. The summed E-state index contributed by atoms with van der Waals surface area (Å²) in [7, 11) is 0. The molecule has 2 aromatic heterocycles. The molecular formula is C25H28N6O5S. The van der Waals surface area contributed by atoms with Crippen molar-refractivity contribution in [3.05, 3.63) is 58.9 Å². The van der Waals surface area contributed by atoms with Crippen molar-refractivity contribution < 1.29 is 24.2 Å². The van der Waals surface area contributed by atoms with Gasteiger partial charge in [0.2, 0.25) is 0 Å². The van der Waals surface area contributed by atoms with Crippen LogP contribution < -0.4 is 15.0 Å². The number of hydrogen-bond donors (Lipinski definition) is 2. The molecule has 4 heterocycles. The molecule has 1 amide bonds. The average molecular weight is 525 g/mol. The minimum absolute atomic E-state index is 0.0297. The van der Waals surface area contributed by atoms with E-state index in [2.05, 4.69) is 30.1 Å². The lowest BCUT2D eigenvalue weighted by molar-refractivity contribution is 0.0341. The van der Waals surface area contributed by atoms with Gasteiger partial charge in [0.15, 0.2) is 5.13 Å². The Hall–Kier alpha value is -3.61. The molecule has 2 fully saturated rings. The highest BCUT2D eigenvalue weighted by molar-refractivity contribution is 7.14. The maximum atomic E-state index is 12.9. The first kappa shape index (κ1) is 25.1. The number of carboxylic acids is 1. The van der Waals surface area contributed by atoms with E-state index in [1.54, 1.807) is 36.0 Å². The van der Waals surface area contributed by atoms with Gasteiger partial charge in [-0.15, -0.1) is 11.3 Å². The van der Waals surface area contributed by atoms with Gasteiger partial charge in [-0.25, -0.2) is 19.7 Å². The number of hydrogen-bond acceptors (Lipinski definition) is 10. The van der Waals surface area contributed by atoms with Gasteiger partial charge in [-0.1, -0.05) is 6.07 Å². The highest BCUT2D eigenvalue weighted by Gasteiger charge is 2.24. The molecule has 0 saturated carbocycles. The van der Waals surface area contributed by atoms with Crippen molar-refractivity contribution in [2.45, 2.75) is 25.5 Å². The van der Waals surface area contributed by atoms with Gasteiger partial charge < -0.3 is 24.8 Å². The molecule has 3 aromatic rings. The van der Waals surface area contributed by atoms with Crippen LogP contribution in [0.5, 0.6) is 6.01 Å². The summed E-state index contributed by atoms with van der Waals surface area (Å²) < 4.78 is 11.2. The van der Waals surface area contributed by atoms with Gasteiger partial charge >= 0.3 is 12.0 Å². The molecule has 5 rings (SSSR count). The fourth-order valence-electron chi connectivity index (χ4n) is 4.35. The molecule has 0 spiro atoms. The maximum absolute atomic E-state index is 12.9. The molecule has 37 heavy (non-hydrogen) atoms. The van der Waals surface area contributed by atoms with Crippen molar-refractivity contribution in [1.82, 2.24) is 19.9 Å². The molecule has 0 radical (unpaired) electrons. The quantitative estimate of drug-likeness (QED) is 0.454. The van der Waals surface area contributed by atoms with Crippen molar-refractivity contribution in [3.63, 3.8) is 0 Å². The number of ether oxygens (including phenoxy) is 2. The SMILES string of the molecule is O=C(Nc1ccc(CN2CCOCC2)cc1C(=O)O)c1csc(N2CCC(Oc3ncccn3)CC2)n1. The number of anilines is 2. The number of carbonyl (C=O) groups excluding carboxylic acids is 1. The highest BCUT2D eigenvalue weighted by atomic mass is 32.1. The van der Waals surface area contributed by atoms with Crippen LogP contribution in [0.4, 0.5) is 10.8 Å². The van der Waals surface area contributed by atoms with Crippen molar-refractivity contribution in [3.8, 4) is 6.01 Å². The molecule has 11 nitrogen and oxygen atoms in total. The van der Waals surface area contributed by atoms with Crippen LogP contribution in [0.1, 0.15) is 39.3 Å². The van der Waals surface area contributed by atoms with Gasteiger partial charge in [0.05, 0.1) is 24.5 Å². The zero-order valence-electron chi connectivity index (χ0n) is 20.2. The Kier molecular flexibility index (Phi) is 7.87. The van der Waals surface area contributed by atoms with Crippen LogP contribution in [0.2, 0.25) is 0 Å². The highest BCUT2D eigenvalue weighted by Crippen LogP contribution is 2.26. The predicted molar refractivity (Wildman–Crippen MR) is 137 cm³/mol. The largest absolute Gasteiger partial charge is 0.478 e. The number of carboxylic acid groups (broad SMARTS) is 1. The van der Waals surface area contributed by atoms with Crippen molar-refractivity contribution >= 4 is 34.0 Å². The van der Waals surface area contributed by atoms with Crippen molar-refractivity contribution in [1.29, 1.82) is 0 Å². The summed E-state index contributed by atoms with van der Waals surface area (Å²) >= 11 is 1.39. The van der Waals surface area contributed by atoms with Crippen LogP contribution in [0.15, 0.2) is 42.0 Å². The standard InChI is InChI=1S/C25H28N6O5S/c32-22(28-20-3-2-17(14-19(20)23(33)34)15-30-10-12-35-13-11-30)21-16-37-25(29-21)31-8-4-18(5-9-31)36-24-26-6-1-7-27-24/h1-3,6-7,14,16,18H,4-5,8-13,15H2,(H,28,32)(H,33,34). The summed E-state index contributed by atoms with van der Waals surface area (Å²) in [6.45, 7) is 5.06. The van der Waals surface area contributed by atoms with Gasteiger partial charge in [-0.3, -0.25) is 9.69 Å². The van der Waals surface area contributed by atoms with E-state index in [-0.39, 0.29) is 23.0 Å². The van der Waals surface area contributed by atoms with E-state index >= 15 is 0 Å². The Balaban J connectivity index is 1.19. The fourth-order valence-corrected chi connectivity index (χ4v) is 5.21. The first-order chi connectivity index (χ1) is 18.0. The lowest BCUT2D eigenvalue weighted by Crippen LogP contribution is -2.38. The molecule has 2 N–H and O–H groups in total. The summed E-state index contributed by atoms with van der Waals surface area (Å²) in [5, 5.41) is 14.9. The molecule has 2 saturated heterocycles. The summed E-state index contributed by atoms with van der Waals surface area (Å²) in [4.78, 5) is 41.9. The number of benzene rings is 1. The van der Waals surface area contributed by atoms with E-state index in [4.69, 9.17) is 9.47 Å². The fraction of sp³-hybridized carbons (Fsp3) is 0.400. The van der Waals surface area contributed by atoms with Crippen molar-refractivity contribution in [2.75, 3.05) is 49.6 Å². The first-order valence-electron chi connectivity index (χ1n) is 12.2. The Bertz CT molecular complexity index is 1230. The van der Waals surface area contributed by atoms with E-state index in [0.717, 1.165) is 49.7 Å². The third-order valence-corrected chi connectivity index (χ3v) is 7.23. The molecular weight excluding hydrogens is 496 g/mol. The van der Waals surface area contributed by atoms with E-state index in [1.165, 1.54) is 11.3 Å². The van der Waals surface area contributed by atoms with Crippen LogP contribution in [-0.2, 0) is 11.3 Å². The molecule has 2 aliphatic rings. The Morgan fingerprint density at radius 2 is 1.89 bits per heavy atom. The Morgan fingerprint density at radius 1 is 1.14 bits per heavy atom. The summed E-state index contributed by atoms with van der Waals surface area (Å²) in [5.41, 5.74) is 1.43. The van der Waals surface area contributed by atoms with Crippen LogP contribution in [0, 0.1) is 0 Å². The van der Waals surface area contributed by atoms with Crippen molar-refractivity contribution in [2.24, 2.45) is 0 Å². The lowest BCUT2D eigenvalue weighted by atomic mass is 10.1. The second-order valence-corrected chi connectivity index (χ2v) is 9.72. The molecule has 0 atom stereocenters. The van der Waals surface area contributed by atoms with Gasteiger partial charge in [-0.05, 0) is 23.8 Å². The lowest BCUT2D eigenvalue weighted by Gasteiger charge is -2.31. The zero-order valence-corrected chi connectivity index (χ0v) is 21.0. The molecule has 0 aliphatic carbocycles. The van der Waals surface area contributed by atoms with Gasteiger partial charge in [0.25, 0.3) is 5.91 Å². The average Bonchev–Trinajstić information content (AvgIpc) is 3.42. The predicted octanol–water partition coefficient (Wildman–Crippen LogP) is 2.76. The minimum atomic E-state index is -1.09. The second-order valence-electron chi connectivity index (χ2n) is 8.88. The van der Waals surface area contributed by atoms with Crippen LogP contribution in [0.25, 0.3) is 0 Å². The number of amides is 1. The maximum Gasteiger partial charge on any atom is 0.337 e. The van der Waals surface area contributed by atoms with Crippen LogP contribution in [-0.4, -0.2) is 82.3 Å². The number of carbonyl (C=O) groups is 2. The van der Waals surface area contributed by atoms with E-state index in [0.29, 0.717) is 25.8 Å². The number of rotatable bonds is 8. The normalized spacial score (nSPS) is 16.9. The summed E-state index contributed by atoms with van der Waals surface area (Å²) in [6, 6.07) is 7.23. The molecule has 2 aliphatic heterocycles. The van der Waals surface area contributed by atoms with E-state index in [9.17, 15) is 14.7 Å². The minimum Gasteiger partial charge on any atom is -0.478 e. The Morgan fingerprint density at radius 3 is 2.62 bits per heavy atom. The number of aromatic nitrogens is 3. The monoisotopic (exact) mass is 524 g/mol. The third kappa shape index (κ3) is 6.40. The number of nitrogens with zero attached hydrogens (tertiary/aromatic N) is 5. The molecule has 1 aromatic carbocycles. The summed E-state index contributed by atoms with van der Waals surface area (Å²) in [5.74, 6) is -1.53. The number of thiazole rings is 1. The molecule has 0 bridgehead atoms. The number of aromatic carboxylic acids is 1. The number of nitrogens with one attached hydrogen (secondary N) is 1. The van der Waals surface area contributed by atoms with Gasteiger partial charge in [0, 0.05) is 63.3 Å². The third-order valence-electron chi connectivity index (χ3n) is 6.32. The first-order valence-corrected chi connectivity index (χ1v) is 13.0.